The average molecular weight is 483 g/mol. The largest absolute Gasteiger partial charge is 0.497 e. The molecule has 2 aromatic rings. The summed E-state index contributed by atoms with van der Waals surface area (Å²) >= 11 is 0. The van der Waals surface area contributed by atoms with Crippen molar-refractivity contribution in [2.24, 2.45) is 0 Å². The maximum Gasteiger partial charge on any atom is 0.358 e. The molecule has 0 saturated heterocycles. The van der Waals surface area contributed by atoms with Gasteiger partial charge in [0, 0.05) is 17.8 Å². The lowest BCUT2D eigenvalue weighted by molar-refractivity contribution is -0.127. The highest BCUT2D eigenvalue weighted by Gasteiger charge is 2.49. The molecule has 9 nitrogen and oxygen atoms in total. The lowest BCUT2D eigenvalue weighted by Crippen LogP contribution is -2.65. The first kappa shape index (κ1) is 24.8. The van der Waals surface area contributed by atoms with Crippen LogP contribution in [0.25, 0.3) is 0 Å². The fraction of sp³-hybridized carbons (Fsp3) is 0.538. The molecule has 1 aromatic carbocycles. The molecule has 2 amide bonds. The zero-order valence-corrected chi connectivity index (χ0v) is 20.7. The van der Waals surface area contributed by atoms with Gasteiger partial charge in [0.15, 0.2) is 5.69 Å². The second kappa shape index (κ2) is 10.5. The quantitative estimate of drug-likeness (QED) is 0.630. The average Bonchev–Trinajstić information content (AvgIpc) is 3.25. The van der Waals surface area contributed by atoms with Crippen LogP contribution in [-0.2, 0) is 16.1 Å². The van der Waals surface area contributed by atoms with Gasteiger partial charge in [-0.05, 0) is 51.0 Å². The number of benzene rings is 1. The Hall–Kier alpha value is -3.36. The molecule has 1 aliphatic heterocycles. The van der Waals surface area contributed by atoms with E-state index in [0.29, 0.717) is 11.4 Å². The molecule has 1 saturated carbocycles. The van der Waals surface area contributed by atoms with E-state index in [0.717, 1.165) is 25.7 Å². The number of methoxy groups -OCH3 is 1. The number of aromatic nitrogens is 2. The summed E-state index contributed by atoms with van der Waals surface area (Å²) in [7, 11) is 1.57. The maximum absolute atomic E-state index is 13.8. The highest BCUT2D eigenvalue weighted by molar-refractivity contribution is 6.12. The molecule has 9 heteroatoms. The topological polar surface area (TPSA) is 103 Å². The van der Waals surface area contributed by atoms with Crippen molar-refractivity contribution in [2.75, 3.05) is 18.6 Å². The summed E-state index contributed by atoms with van der Waals surface area (Å²) in [6.45, 7) is 3.77. The number of anilines is 1. The zero-order chi connectivity index (χ0) is 25.0. The molecular formula is C26H34N4O5. The Morgan fingerprint density at radius 2 is 1.77 bits per heavy atom. The van der Waals surface area contributed by atoms with Crippen molar-refractivity contribution < 1.29 is 23.9 Å². The minimum Gasteiger partial charge on any atom is -0.497 e. The van der Waals surface area contributed by atoms with Crippen LogP contribution in [0, 0.1) is 0 Å². The number of hydrogen-bond donors (Lipinski definition) is 1. The first-order chi connectivity index (χ1) is 16.9. The van der Waals surface area contributed by atoms with Gasteiger partial charge in [0.1, 0.15) is 17.0 Å². The van der Waals surface area contributed by atoms with Crippen LogP contribution in [0.2, 0.25) is 0 Å². The Morgan fingerprint density at radius 1 is 1.11 bits per heavy atom. The van der Waals surface area contributed by atoms with E-state index in [9.17, 15) is 14.4 Å². The SMILES string of the molecule is CCOC(=O)c1cc2n(n1)C[C@](C)(C(=O)NC1CCCCCCC1)N(c1ccc(OC)cc1)C2=O. The minimum absolute atomic E-state index is 0.0505. The monoisotopic (exact) mass is 482 g/mol. The number of nitrogens with one attached hydrogen (secondary N) is 1. The van der Waals surface area contributed by atoms with Crippen LogP contribution in [0.4, 0.5) is 5.69 Å². The molecule has 1 aromatic heterocycles. The number of ether oxygens (including phenoxy) is 2. The van der Waals surface area contributed by atoms with Gasteiger partial charge in [-0.1, -0.05) is 32.1 Å². The van der Waals surface area contributed by atoms with Gasteiger partial charge < -0.3 is 14.8 Å². The van der Waals surface area contributed by atoms with Crippen LogP contribution in [0.3, 0.4) is 0 Å². The first-order valence-electron chi connectivity index (χ1n) is 12.4. The van der Waals surface area contributed by atoms with Gasteiger partial charge >= 0.3 is 5.97 Å². The summed E-state index contributed by atoms with van der Waals surface area (Å²) in [5.41, 5.74) is -0.398. The fourth-order valence-corrected chi connectivity index (χ4v) is 4.96. The Bertz CT molecular complexity index is 1070. The molecule has 0 radical (unpaired) electrons. The summed E-state index contributed by atoms with van der Waals surface area (Å²) in [5, 5.41) is 7.55. The van der Waals surface area contributed by atoms with E-state index in [2.05, 4.69) is 10.4 Å². The van der Waals surface area contributed by atoms with Crippen molar-refractivity contribution in [3.8, 4) is 5.75 Å². The van der Waals surface area contributed by atoms with Crippen LogP contribution in [0.15, 0.2) is 30.3 Å². The van der Waals surface area contributed by atoms with Crippen molar-refractivity contribution in [3.05, 3.63) is 41.7 Å². The Balaban J connectivity index is 1.70. The number of esters is 1. The van der Waals surface area contributed by atoms with Crippen LogP contribution >= 0.6 is 0 Å². The normalized spacial score (nSPS) is 21.0. The van der Waals surface area contributed by atoms with Crippen LogP contribution in [0.5, 0.6) is 5.75 Å². The molecule has 2 heterocycles. The smallest absolute Gasteiger partial charge is 0.358 e. The van der Waals surface area contributed by atoms with E-state index in [1.54, 1.807) is 45.2 Å². The highest BCUT2D eigenvalue weighted by atomic mass is 16.5. The summed E-state index contributed by atoms with van der Waals surface area (Å²) in [4.78, 5) is 41.4. The standard InChI is InChI=1S/C26H34N4O5/c1-4-35-24(32)21-16-22-23(31)30(19-12-14-20(34-3)15-13-19)26(2,17-29(22)28-21)25(33)27-18-10-8-6-5-7-9-11-18/h12-16,18H,4-11,17H2,1-3H3,(H,27,33)/t26-/m1/s1. The second-order valence-electron chi connectivity index (χ2n) is 9.42. The molecule has 1 fully saturated rings. The molecule has 1 atom stereocenters. The van der Waals surface area contributed by atoms with Gasteiger partial charge in [-0.2, -0.15) is 5.10 Å². The third kappa shape index (κ3) is 5.04. The summed E-state index contributed by atoms with van der Waals surface area (Å²) in [6.07, 6.45) is 7.60. The lowest BCUT2D eigenvalue weighted by atomic mass is 9.91. The van der Waals surface area contributed by atoms with Crippen LogP contribution < -0.4 is 15.0 Å². The summed E-state index contributed by atoms with van der Waals surface area (Å²) < 4.78 is 11.8. The predicted molar refractivity (Wildman–Crippen MR) is 131 cm³/mol. The van der Waals surface area contributed by atoms with Crippen molar-refractivity contribution in [2.45, 2.75) is 76.9 Å². The molecule has 0 bridgehead atoms. The summed E-state index contributed by atoms with van der Waals surface area (Å²) in [5.74, 6) is -0.585. The van der Waals surface area contributed by atoms with Gasteiger partial charge in [-0.25, -0.2) is 4.79 Å². The second-order valence-corrected chi connectivity index (χ2v) is 9.42. The van der Waals surface area contributed by atoms with E-state index >= 15 is 0 Å². The molecule has 2 aliphatic rings. The Labute approximate surface area is 205 Å². The van der Waals surface area contributed by atoms with Gasteiger partial charge in [0.05, 0.1) is 20.3 Å². The Kier molecular flexibility index (Phi) is 7.42. The number of nitrogens with zero attached hydrogens (tertiary/aromatic N) is 3. The zero-order valence-electron chi connectivity index (χ0n) is 20.7. The lowest BCUT2D eigenvalue weighted by Gasteiger charge is -2.43. The predicted octanol–water partition coefficient (Wildman–Crippen LogP) is 3.72. The van der Waals surface area contributed by atoms with E-state index in [-0.39, 0.29) is 36.5 Å². The van der Waals surface area contributed by atoms with Gasteiger partial charge in [0.2, 0.25) is 5.91 Å². The van der Waals surface area contributed by atoms with Gasteiger partial charge in [0.25, 0.3) is 5.91 Å². The molecule has 188 valence electrons. The maximum atomic E-state index is 13.8. The summed E-state index contributed by atoms with van der Waals surface area (Å²) in [6, 6.07) is 8.54. The van der Waals surface area contributed by atoms with Gasteiger partial charge in [-0.15, -0.1) is 0 Å². The molecule has 0 spiro atoms. The van der Waals surface area contributed by atoms with Crippen molar-refractivity contribution in [1.82, 2.24) is 15.1 Å². The molecule has 1 aliphatic carbocycles. The van der Waals surface area contributed by atoms with Gasteiger partial charge in [-0.3, -0.25) is 19.2 Å². The number of hydrogen-bond acceptors (Lipinski definition) is 6. The molecular weight excluding hydrogens is 448 g/mol. The fourth-order valence-electron chi connectivity index (χ4n) is 4.96. The van der Waals surface area contributed by atoms with Crippen molar-refractivity contribution in [3.63, 3.8) is 0 Å². The number of fused-ring (bicyclic) bond motifs is 1. The van der Waals surface area contributed by atoms with Crippen molar-refractivity contribution >= 4 is 23.5 Å². The first-order valence-corrected chi connectivity index (χ1v) is 12.4. The number of rotatable bonds is 6. The minimum atomic E-state index is -1.25. The van der Waals surface area contributed by atoms with E-state index in [1.807, 2.05) is 0 Å². The molecule has 4 rings (SSSR count). The number of carbonyl (C=O) groups is 3. The Morgan fingerprint density at radius 3 is 2.40 bits per heavy atom. The van der Waals surface area contributed by atoms with Crippen LogP contribution in [0.1, 0.15) is 79.8 Å². The van der Waals surface area contributed by atoms with Crippen molar-refractivity contribution in [1.29, 1.82) is 0 Å². The van der Waals surface area contributed by atoms with E-state index in [4.69, 9.17) is 9.47 Å². The molecule has 0 unspecified atom stereocenters. The third-order valence-electron chi connectivity index (χ3n) is 6.90. The van der Waals surface area contributed by atoms with Crippen LogP contribution in [-0.4, -0.2) is 52.9 Å². The molecule has 1 N–H and O–H groups in total. The number of amides is 2. The number of carbonyl (C=O) groups excluding carboxylic acids is 3. The third-order valence-corrected chi connectivity index (χ3v) is 6.90. The van der Waals surface area contributed by atoms with E-state index in [1.165, 1.54) is 34.9 Å². The highest BCUT2D eigenvalue weighted by Crippen LogP contribution is 2.34. The molecule has 35 heavy (non-hydrogen) atoms. The van der Waals surface area contributed by atoms with E-state index < -0.39 is 17.4 Å².